The lowest BCUT2D eigenvalue weighted by molar-refractivity contribution is 0.103. The Hall–Kier alpha value is -1.94. The number of amides is 1. The Bertz CT molecular complexity index is 771. The van der Waals surface area contributed by atoms with Crippen LogP contribution in [0.4, 0.5) is 10.1 Å². The number of likely N-dealkylation sites (tertiary alicyclic amines) is 1. The predicted octanol–water partition coefficient (Wildman–Crippen LogP) is 3.78. The highest BCUT2D eigenvalue weighted by Gasteiger charge is 2.24. The number of rotatable bonds is 2. The van der Waals surface area contributed by atoms with Gasteiger partial charge in [-0.25, -0.2) is 4.39 Å². The van der Waals surface area contributed by atoms with E-state index in [4.69, 9.17) is 0 Å². The highest BCUT2D eigenvalue weighted by atomic mass is 19.1. The third kappa shape index (κ3) is 2.18. The molecule has 0 bridgehead atoms. The number of halogens is 1. The molecule has 1 atom stereocenters. The summed E-state index contributed by atoms with van der Waals surface area (Å²) in [5, 5.41) is 4.09. The predicted molar refractivity (Wildman–Crippen MR) is 85.5 cm³/mol. The Morgan fingerprint density at radius 2 is 2.23 bits per heavy atom. The van der Waals surface area contributed by atoms with Crippen molar-refractivity contribution in [2.45, 2.75) is 26.3 Å². The van der Waals surface area contributed by atoms with Crippen LogP contribution in [0.1, 0.15) is 35.7 Å². The second-order valence-corrected chi connectivity index (χ2v) is 6.60. The first-order chi connectivity index (χ1) is 10.6. The first-order valence-electron chi connectivity index (χ1n) is 7.90. The smallest absolute Gasteiger partial charge is 0.256 e. The van der Waals surface area contributed by atoms with E-state index in [1.807, 2.05) is 12.1 Å². The van der Waals surface area contributed by atoms with Gasteiger partial charge in [-0.1, -0.05) is 6.92 Å². The molecule has 2 aliphatic rings. The Morgan fingerprint density at radius 1 is 1.36 bits per heavy atom. The Labute approximate surface area is 129 Å². The molecule has 3 nitrogen and oxygen atoms in total. The van der Waals surface area contributed by atoms with Crippen molar-refractivity contribution in [3.05, 3.63) is 41.2 Å². The third-order valence-corrected chi connectivity index (χ3v) is 4.76. The highest BCUT2D eigenvalue weighted by Crippen LogP contribution is 2.35. The van der Waals surface area contributed by atoms with Gasteiger partial charge in [-0.05, 0) is 55.1 Å². The van der Waals surface area contributed by atoms with Crippen molar-refractivity contribution in [1.29, 1.82) is 0 Å². The number of nitrogens with zero attached hydrogens (tertiary/aromatic N) is 1. The first-order valence-corrected chi connectivity index (χ1v) is 7.90. The average Bonchev–Trinajstić information content (AvgIpc) is 2.80. The van der Waals surface area contributed by atoms with Gasteiger partial charge < -0.3 is 5.32 Å². The molecule has 1 N–H and O–H groups in total. The van der Waals surface area contributed by atoms with Crippen LogP contribution in [0.2, 0.25) is 0 Å². The quantitative estimate of drug-likeness (QED) is 0.915. The highest BCUT2D eigenvalue weighted by molar-refractivity contribution is 6.24. The molecule has 114 valence electrons. The molecule has 0 radical (unpaired) electrons. The fourth-order valence-corrected chi connectivity index (χ4v) is 3.76. The van der Waals surface area contributed by atoms with E-state index in [0.29, 0.717) is 16.9 Å². The van der Waals surface area contributed by atoms with Crippen molar-refractivity contribution < 1.29 is 9.18 Å². The normalized spacial score (nSPS) is 21.4. The number of benzene rings is 2. The average molecular weight is 298 g/mol. The van der Waals surface area contributed by atoms with Crippen molar-refractivity contribution in [1.82, 2.24) is 4.90 Å². The molecule has 1 fully saturated rings. The molecule has 2 aromatic rings. The number of anilines is 1. The summed E-state index contributed by atoms with van der Waals surface area (Å²) in [6, 6.07) is 6.89. The van der Waals surface area contributed by atoms with Crippen LogP contribution in [0, 0.1) is 11.7 Å². The lowest BCUT2D eigenvalue weighted by Gasteiger charge is -2.30. The summed E-state index contributed by atoms with van der Waals surface area (Å²) >= 11 is 0. The summed E-state index contributed by atoms with van der Waals surface area (Å²) in [6.45, 7) is 5.20. The fourth-order valence-electron chi connectivity index (χ4n) is 3.76. The minimum absolute atomic E-state index is 0.125. The maximum Gasteiger partial charge on any atom is 0.256 e. The summed E-state index contributed by atoms with van der Waals surface area (Å²) < 4.78 is 14.2. The van der Waals surface area contributed by atoms with E-state index >= 15 is 0 Å². The van der Waals surface area contributed by atoms with E-state index in [1.54, 1.807) is 6.07 Å². The van der Waals surface area contributed by atoms with Gasteiger partial charge >= 0.3 is 0 Å². The fraction of sp³-hybridized carbons (Fsp3) is 0.389. The molecule has 2 heterocycles. The molecule has 4 heteroatoms. The zero-order chi connectivity index (χ0) is 15.3. The van der Waals surface area contributed by atoms with Crippen molar-refractivity contribution in [2.24, 2.45) is 5.92 Å². The lowest BCUT2D eigenvalue weighted by atomic mass is 9.98. The maximum absolute atomic E-state index is 14.2. The molecular formula is C18H19FN2O. The maximum atomic E-state index is 14.2. The van der Waals surface area contributed by atoms with E-state index in [0.717, 1.165) is 36.3 Å². The van der Waals surface area contributed by atoms with Gasteiger partial charge in [0, 0.05) is 29.5 Å². The molecule has 0 unspecified atom stereocenters. The van der Waals surface area contributed by atoms with Crippen molar-refractivity contribution in [3.63, 3.8) is 0 Å². The van der Waals surface area contributed by atoms with E-state index in [2.05, 4.69) is 17.1 Å². The summed E-state index contributed by atoms with van der Waals surface area (Å²) in [7, 11) is 0. The summed E-state index contributed by atoms with van der Waals surface area (Å²) in [5.41, 5.74) is 2.34. The number of hydrogen-bond acceptors (Lipinski definition) is 2. The Morgan fingerprint density at radius 3 is 3.05 bits per heavy atom. The monoisotopic (exact) mass is 298 g/mol. The lowest BCUT2D eigenvalue weighted by Crippen LogP contribution is -2.33. The number of carbonyl (C=O) groups is 1. The van der Waals surface area contributed by atoms with Crippen LogP contribution in [0.15, 0.2) is 24.3 Å². The van der Waals surface area contributed by atoms with E-state index in [9.17, 15) is 9.18 Å². The topological polar surface area (TPSA) is 32.3 Å². The van der Waals surface area contributed by atoms with Gasteiger partial charge in [0.05, 0.1) is 5.56 Å². The van der Waals surface area contributed by atoms with Crippen molar-refractivity contribution in [3.8, 4) is 0 Å². The molecule has 0 aromatic heterocycles. The van der Waals surface area contributed by atoms with Gasteiger partial charge in [0.1, 0.15) is 5.82 Å². The van der Waals surface area contributed by atoms with Crippen molar-refractivity contribution >= 4 is 22.4 Å². The Kier molecular flexibility index (Phi) is 3.15. The van der Waals surface area contributed by atoms with Crippen LogP contribution < -0.4 is 5.32 Å². The summed E-state index contributed by atoms with van der Waals surface area (Å²) in [4.78, 5) is 14.5. The van der Waals surface area contributed by atoms with Crippen LogP contribution in [0.25, 0.3) is 10.8 Å². The van der Waals surface area contributed by atoms with E-state index < -0.39 is 0 Å². The molecule has 0 spiro atoms. The largest absolute Gasteiger partial charge is 0.321 e. The van der Waals surface area contributed by atoms with Gasteiger partial charge in [-0.15, -0.1) is 0 Å². The van der Waals surface area contributed by atoms with Gasteiger partial charge in [-0.2, -0.15) is 0 Å². The molecule has 4 rings (SSSR count). The van der Waals surface area contributed by atoms with Gasteiger partial charge in [0.25, 0.3) is 5.91 Å². The Balaban J connectivity index is 1.75. The molecular weight excluding hydrogens is 279 g/mol. The van der Waals surface area contributed by atoms with Crippen LogP contribution >= 0.6 is 0 Å². The molecule has 0 aliphatic carbocycles. The summed E-state index contributed by atoms with van der Waals surface area (Å²) in [6.07, 6.45) is 2.49. The number of nitrogens with one attached hydrogen (secondary N) is 1. The van der Waals surface area contributed by atoms with Gasteiger partial charge in [0.15, 0.2) is 0 Å². The molecule has 22 heavy (non-hydrogen) atoms. The molecule has 1 amide bonds. The van der Waals surface area contributed by atoms with E-state index in [-0.39, 0.29) is 11.7 Å². The standard InChI is InChI=1S/C18H19FN2O/c1-11-3-2-6-21(9-11)10-12-7-13-15(19)4-5-16-17(13)14(8-12)18(22)20-16/h4-5,7-8,11H,2-3,6,9-10H2,1H3,(H,20,22)/t11-/m0/s1. The minimum Gasteiger partial charge on any atom is -0.321 e. The SMILES string of the molecule is C[C@H]1CCCN(Cc2cc3c4c(ccc(F)c4c2)NC3=O)C1. The summed E-state index contributed by atoms with van der Waals surface area (Å²) in [5.74, 6) is 0.320. The third-order valence-electron chi connectivity index (χ3n) is 4.76. The minimum atomic E-state index is -0.259. The van der Waals surface area contributed by atoms with E-state index in [1.165, 1.54) is 18.9 Å². The van der Waals surface area contributed by atoms with Crippen LogP contribution in [-0.4, -0.2) is 23.9 Å². The van der Waals surface area contributed by atoms with Gasteiger partial charge in [-0.3, -0.25) is 9.69 Å². The zero-order valence-electron chi connectivity index (χ0n) is 12.7. The van der Waals surface area contributed by atoms with Crippen LogP contribution in [0.5, 0.6) is 0 Å². The number of carbonyl (C=O) groups excluding carboxylic acids is 1. The molecule has 2 aromatic carbocycles. The van der Waals surface area contributed by atoms with Crippen LogP contribution in [-0.2, 0) is 6.54 Å². The second kappa shape index (κ2) is 5.06. The van der Waals surface area contributed by atoms with Crippen molar-refractivity contribution in [2.75, 3.05) is 18.4 Å². The van der Waals surface area contributed by atoms with Gasteiger partial charge in [0.2, 0.25) is 0 Å². The zero-order valence-corrected chi connectivity index (χ0v) is 12.7. The molecule has 1 saturated heterocycles. The molecule has 0 saturated carbocycles. The molecule has 2 aliphatic heterocycles. The number of piperidine rings is 1. The number of hydrogen-bond donors (Lipinski definition) is 1. The second-order valence-electron chi connectivity index (χ2n) is 6.60. The van der Waals surface area contributed by atoms with Crippen LogP contribution in [0.3, 0.4) is 0 Å². The first kappa shape index (κ1) is 13.7.